The fourth-order valence-electron chi connectivity index (χ4n) is 2.67. The van der Waals surface area contributed by atoms with Gasteiger partial charge in [0, 0.05) is 24.5 Å². The SMILES string of the molecule is CCc1cccc(-n2nnc(C(=O)NCC(C)C)c2-c2ccncc2)c1. The zero-order valence-corrected chi connectivity index (χ0v) is 15.3. The molecule has 3 aromatic rings. The number of pyridine rings is 1. The first-order valence-electron chi connectivity index (χ1n) is 8.83. The molecule has 0 bridgehead atoms. The van der Waals surface area contributed by atoms with Crippen LogP contribution in [-0.2, 0) is 6.42 Å². The fourth-order valence-corrected chi connectivity index (χ4v) is 2.67. The van der Waals surface area contributed by atoms with Gasteiger partial charge in [-0.1, -0.05) is 38.1 Å². The quantitative estimate of drug-likeness (QED) is 0.741. The number of benzene rings is 1. The number of aromatic nitrogens is 4. The minimum absolute atomic E-state index is 0.219. The highest BCUT2D eigenvalue weighted by molar-refractivity contribution is 5.98. The second-order valence-electron chi connectivity index (χ2n) is 6.56. The largest absolute Gasteiger partial charge is 0.350 e. The van der Waals surface area contributed by atoms with Crippen LogP contribution < -0.4 is 5.32 Å². The van der Waals surface area contributed by atoms with Crippen LogP contribution in [0.5, 0.6) is 0 Å². The maximum Gasteiger partial charge on any atom is 0.274 e. The van der Waals surface area contributed by atoms with Crippen molar-refractivity contribution < 1.29 is 4.79 Å². The van der Waals surface area contributed by atoms with Gasteiger partial charge in [-0.25, -0.2) is 4.68 Å². The van der Waals surface area contributed by atoms with E-state index < -0.39 is 0 Å². The van der Waals surface area contributed by atoms with Gasteiger partial charge in [0.25, 0.3) is 5.91 Å². The highest BCUT2D eigenvalue weighted by Crippen LogP contribution is 2.25. The van der Waals surface area contributed by atoms with Crippen LogP contribution in [0.25, 0.3) is 16.9 Å². The number of aryl methyl sites for hydroxylation is 1. The van der Waals surface area contributed by atoms with Gasteiger partial charge in [0.2, 0.25) is 0 Å². The zero-order chi connectivity index (χ0) is 18.5. The van der Waals surface area contributed by atoms with Crippen molar-refractivity contribution in [2.24, 2.45) is 5.92 Å². The summed E-state index contributed by atoms with van der Waals surface area (Å²) in [5.74, 6) is 0.142. The van der Waals surface area contributed by atoms with E-state index in [1.807, 2.05) is 24.3 Å². The van der Waals surface area contributed by atoms with Gasteiger partial charge < -0.3 is 5.32 Å². The Morgan fingerprint density at radius 2 is 1.96 bits per heavy atom. The first kappa shape index (κ1) is 17.8. The van der Waals surface area contributed by atoms with E-state index >= 15 is 0 Å². The Labute approximate surface area is 153 Å². The van der Waals surface area contributed by atoms with E-state index in [1.54, 1.807) is 17.1 Å². The van der Waals surface area contributed by atoms with Crippen molar-refractivity contribution in [1.82, 2.24) is 25.3 Å². The standard InChI is InChI=1S/C20H23N5O/c1-4-15-6-5-7-17(12-15)25-19(16-8-10-21-11-9-16)18(23-24-25)20(26)22-13-14(2)3/h5-12,14H,4,13H2,1-3H3,(H,22,26). The summed E-state index contributed by atoms with van der Waals surface area (Å²) in [4.78, 5) is 16.7. The average molecular weight is 349 g/mol. The molecule has 2 aromatic heterocycles. The molecule has 0 aliphatic rings. The summed E-state index contributed by atoms with van der Waals surface area (Å²) in [5.41, 5.74) is 3.92. The summed E-state index contributed by atoms with van der Waals surface area (Å²) in [6.07, 6.45) is 4.32. The van der Waals surface area contributed by atoms with Crippen LogP contribution in [0.2, 0.25) is 0 Å². The Morgan fingerprint density at radius 1 is 1.19 bits per heavy atom. The number of hydrogen-bond acceptors (Lipinski definition) is 4. The first-order valence-corrected chi connectivity index (χ1v) is 8.83. The van der Waals surface area contributed by atoms with Gasteiger partial charge in [-0.15, -0.1) is 5.10 Å². The lowest BCUT2D eigenvalue weighted by molar-refractivity contribution is 0.0944. The summed E-state index contributed by atoms with van der Waals surface area (Å²) in [5, 5.41) is 11.4. The number of nitrogens with one attached hydrogen (secondary N) is 1. The van der Waals surface area contributed by atoms with Crippen LogP contribution in [0.3, 0.4) is 0 Å². The highest BCUT2D eigenvalue weighted by Gasteiger charge is 2.22. The molecule has 0 fully saturated rings. The second-order valence-corrected chi connectivity index (χ2v) is 6.56. The lowest BCUT2D eigenvalue weighted by Crippen LogP contribution is -2.28. The van der Waals surface area contributed by atoms with Crippen LogP contribution in [0, 0.1) is 5.92 Å². The Hall–Kier alpha value is -3.02. The summed E-state index contributed by atoms with van der Waals surface area (Å²) in [6, 6.07) is 11.8. The number of rotatable bonds is 6. The van der Waals surface area contributed by atoms with E-state index in [9.17, 15) is 4.79 Å². The Kier molecular flexibility index (Phi) is 5.41. The summed E-state index contributed by atoms with van der Waals surface area (Å²) >= 11 is 0. The van der Waals surface area contributed by atoms with Crippen LogP contribution in [-0.4, -0.2) is 32.4 Å². The van der Waals surface area contributed by atoms with Crippen molar-refractivity contribution in [3.63, 3.8) is 0 Å². The zero-order valence-electron chi connectivity index (χ0n) is 15.3. The van der Waals surface area contributed by atoms with Crippen molar-refractivity contribution >= 4 is 5.91 Å². The van der Waals surface area contributed by atoms with Gasteiger partial charge in [-0.3, -0.25) is 9.78 Å². The maximum atomic E-state index is 12.7. The minimum Gasteiger partial charge on any atom is -0.350 e. The van der Waals surface area contributed by atoms with Crippen LogP contribution >= 0.6 is 0 Å². The lowest BCUT2D eigenvalue weighted by atomic mass is 10.1. The minimum atomic E-state index is -0.219. The molecule has 0 aliphatic heterocycles. The van der Waals surface area contributed by atoms with E-state index in [0.29, 0.717) is 23.9 Å². The van der Waals surface area contributed by atoms with Gasteiger partial charge >= 0.3 is 0 Å². The monoisotopic (exact) mass is 349 g/mol. The third-order valence-electron chi connectivity index (χ3n) is 4.07. The van der Waals surface area contributed by atoms with Crippen LogP contribution in [0.1, 0.15) is 36.8 Å². The maximum absolute atomic E-state index is 12.7. The molecule has 0 spiro atoms. The number of hydrogen-bond donors (Lipinski definition) is 1. The Bertz CT molecular complexity index is 886. The van der Waals surface area contributed by atoms with Crippen LogP contribution in [0.15, 0.2) is 48.8 Å². The normalized spacial score (nSPS) is 10.9. The predicted octanol–water partition coefficient (Wildman–Crippen LogP) is 3.28. The van der Waals surface area contributed by atoms with Gasteiger partial charge in [0.15, 0.2) is 5.69 Å². The average Bonchev–Trinajstić information content (AvgIpc) is 3.12. The molecule has 1 aromatic carbocycles. The first-order chi connectivity index (χ1) is 12.6. The van der Waals surface area contributed by atoms with Crippen molar-refractivity contribution in [2.45, 2.75) is 27.2 Å². The molecule has 6 nitrogen and oxygen atoms in total. The predicted molar refractivity (Wildman–Crippen MR) is 101 cm³/mol. The molecule has 0 unspecified atom stereocenters. The number of carbonyl (C=O) groups excluding carboxylic acids is 1. The highest BCUT2D eigenvalue weighted by atomic mass is 16.2. The molecule has 0 saturated carbocycles. The molecule has 3 rings (SSSR count). The molecular weight excluding hydrogens is 326 g/mol. The van der Waals surface area contributed by atoms with Crippen molar-refractivity contribution in [3.05, 3.63) is 60.0 Å². The summed E-state index contributed by atoms with van der Waals surface area (Å²) < 4.78 is 1.72. The summed E-state index contributed by atoms with van der Waals surface area (Å²) in [7, 11) is 0. The van der Waals surface area contributed by atoms with Crippen molar-refractivity contribution in [1.29, 1.82) is 0 Å². The lowest BCUT2D eigenvalue weighted by Gasteiger charge is -2.10. The molecule has 2 heterocycles. The molecule has 26 heavy (non-hydrogen) atoms. The third kappa shape index (κ3) is 3.79. The third-order valence-corrected chi connectivity index (χ3v) is 4.07. The van der Waals surface area contributed by atoms with E-state index in [4.69, 9.17) is 0 Å². The number of carbonyl (C=O) groups is 1. The van der Waals surface area contributed by atoms with Gasteiger partial charge in [-0.05, 0) is 42.2 Å². The van der Waals surface area contributed by atoms with Gasteiger partial charge in [0.1, 0.15) is 5.69 Å². The molecule has 1 N–H and O–H groups in total. The van der Waals surface area contributed by atoms with E-state index in [-0.39, 0.29) is 5.91 Å². The number of nitrogens with zero attached hydrogens (tertiary/aromatic N) is 4. The smallest absolute Gasteiger partial charge is 0.274 e. The molecule has 0 radical (unpaired) electrons. The number of amides is 1. The topological polar surface area (TPSA) is 72.7 Å². The molecule has 0 atom stereocenters. The second kappa shape index (κ2) is 7.91. The molecule has 0 aliphatic carbocycles. The Balaban J connectivity index is 2.09. The molecule has 1 amide bonds. The fraction of sp³-hybridized carbons (Fsp3) is 0.300. The van der Waals surface area contributed by atoms with Crippen LogP contribution in [0.4, 0.5) is 0 Å². The molecular formula is C20H23N5O. The molecule has 6 heteroatoms. The molecule has 134 valence electrons. The van der Waals surface area contributed by atoms with E-state index in [2.05, 4.69) is 53.5 Å². The van der Waals surface area contributed by atoms with Crippen molar-refractivity contribution in [3.8, 4) is 16.9 Å². The summed E-state index contributed by atoms with van der Waals surface area (Å²) in [6.45, 7) is 6.80. The Morgan fingerprint density at radius 3 is 2.65 bits per heavy atom. The van der Waals surface area contributed by atoms with E-state index in [1.165, 1.54) is 5.56 Å². The van der Waals surface area contributed by atoms with E-state index in [0.717, 1.165) is 17.7 Å². The van der Waals surface area contributed by atoms with Crippen molar-refractivity contribution in [2.75, 3.05) is 6.54 Å². The molecule has 0 saturated heterocycles. The van der Waals surface area contributed by atoms with Gasteiger partial charge in [-0.2, -0.15) is 0 Å². The van der Waals surface area contributed by atoms with Gasteiger partial charge in [0.05, 0.1) is 5.69 Å².